The maximum Gasteiger partial charge on any atom is 0.0464 e. The van der Waals surface area contributed by atoms with Crippen molar-refractivity contribution in [3.8, 4) is 33.4 Å². The molecule has 7 rings (SSSR count). The summed E-state index contributed by atoms with van der Waals surface area (Å²) in [5.41, 5.74) is 13.7. The van der Waals surface area contributed by atoms with Gasteiger partial charge in [-0.3, -0.25) is 0 Å². The maximum absolute atomic E-state index is 2.43. The van der Waals surface area contributed by atoms with Crippen LogP contribution in [0.15, 0.2) is 152 Å². The van der Waals surface area contributed by atoms with E-state index in [1.807, 2.05) is 0 Å². The van der Waals surface area contributed by atoms with E-state index in [1.165, 1.54) is 50.2 Å². The fraction of sp³-hybridized carbons (Fsp3) is 0.143. The molecule has 210 valence electrons. The van der Waals surface area contributed by atoms with Crippen molar-refractivity contribution in [3.63, 3.8) is 0 Å². The van der Waals surface area contributed by atoms with Crippen LogP contribution in [-0.2, 0) is 10.8 Å². The van der Waals surface area contributed by atoms with Gasteiger partial charge in [-0.25, -0.2) is 0 Å². The fourth-order valence-electron chi connectivity index (χ4n) is 6.67. The zero-order chi connectivity index (χ0) is 29.6. The highest BCUT2D eigenvalue weighted by atomic mass is 15.1. The first-order chi connectivity index (χ1) is 20.8. The van der Waals surface area contributed by atoms with Crippen molar-refractivity contribution in [1.82, 2.24) is 0 Å². The molecule has 6 aromatic rings. The zero-order valence-electron chi connectivity index (χ0n) is 25.4. The molecule has 0 saturated carbocycles. The van der Waals surface area contributed by atoms with E-state index in [-0.39, 0.29) is 10.8 Å². The van der Waals surface area contributed by atoms with Gasteiger partial charge in [0.05, 0.1) is 0 Å². The molecular formula is C42H37N. The third-order valence-electron chi connectivity index (χ3n) is 9.85. The van der Waals surface area contributed by atoms with Crippen LogP contribution in [0.1, 0.15) is 38.8 Å². The van der Waals surface area contributed by atoms with Gasteiger partial charge in [0.2, 0.25) is 0 Å². The number of rotatable bonds is 5. The van der Waals surface area contributed by atoms with Gasteiger partial charge in [-0.15, -0.1) is 0 Å². The molecule has 1 aliphatic carbocycles. The van der Waals surface area contributed by atoms with Crippen LogP contribution in [0.25, 0.3) is 33.4 Å². The van der Waals surface area contributed by atoms with Crippen molar-refractivity contribution < 1.29 is 0 Å². The summed E-state index contributed by atoms with van der Waals surface area (Å²) in [5.74, 6) is 0. The zero-order valence-corrected chi connectivity index (χ0v) is 25.4. The summed E-state index contributed by atoms with van der Waals surface area (Å²) >= 11 is 0. The predicted molar refractivity (Wildman–Crippen MR) is 183 cm³/mol. The van der Waals surface area contributed by atoms with E-state index in [4.69, 9.17) is 0 Å². The van der Waals surface area contributed by atoms with Gasteiger partial charge in [0.25, 0.3) is 0 Å². The average molecular weight is 556 g/mol. The molecule has 0 unspecified atom stereocenters. The minimum atomic E-state index is -0.0628. The Balaban J connectivity index is 1.37. The lowest BCUT2D eigenvalue weighted by Gasteiger charge is -2.48. The van der Waals surface area contributed by atoms with Crippen molar-refractivity contribution in [2.75, 3.05) is 4.90 Å². The third-order valence-corrected chi connectivity index (χ3v) is 9.85. The fourth-order valence-corrected chi connectivity index (χ4v) is 6.67. The molecule has 0 atom stereocenters. The van der Waals surface area contributed by atoms with Crippen molar-refractivity contribution in [1.29, 1.82) is 0 Å². The van der Waals surface area contributed by atoms with Crippen LogP contribution in [0, 0.1) is 0 Å². The van der Waals surface area contributed by atoms with E-state index in [0.717, 1.165) is 11.4 Å². The molecule has 0 fully saturated rings. The summed E-state index contributed by atoms with van der Waals surface area (Å²) in [6, 6.07) is 55.1. The molecular weight excluding hydrogens is 518 g/mol. The van der Waals surface area contributed by atoms with E-state index >= 15 is 0 Å². The molecule has 0 saturated heterocycles. The Hall–Kier alpha value is -4.88. The summed E-state index contributed by atoms with van der Waals surface area (Å²) in [4.78, 5) is 2.40. The first-order valence-corrected chi connectivity index (χ1v) is 15.2. The van der Waals surface area contributed by atoms with Gasteiger partial charge in [-0.05, 0) is 91.7 Å². The minimum Gasteiger partial charge on any atom is -0.310 e. The lowest BCUT2D eigenvalue weighted by atomic mass is 9.55. The molecule has 0 amide bonds. The van der Waals surface area contributed by atoms with E-state index in [2.05, 4.69) is 184 Å². The molecule has 1 aliphatic rings. The number of benzene rings is 6. The van der Waals surface area contributed by atoms with Crippen LogP contribution in [0.5, 0.6) is 0 Å². The molecule has 0 aliphatic heterocycles. The smallest absolute Gasteiger partial charge is 0.0464 e. The minimum absolute atomic E-state index is 0.0191. The number of hydrogen-bond donors (Lipinski definition) is 0. The molecule has 0 aromatic heterocycles. The lowest BCUT2D eigenvalue weighted by molar-refractivity contribution is 0.299. The molecule has 1 heteroatoms. The number of anilines is 3. The highest BCUT2D eigenvalue weighted by Crippen LogP contribution is 2.54. The molecule has 0 spiro atoms. The molecule has 43 heavy (non-hydrogen) atoms. The lowest BCUT2D eigenvalue weighted by Crippen LogP contribution is -2.43. The normalized spacial score (nSPS) is 14.4. The topological polar surface area (TPSA) is 3.24 Å². The quantitative estimate of drug-likeness (QED) is 0.204. The standard InChI is InChI=1S/C42H37N/c1-41(2)39-18-12-11-17-37(39)38-28-27-36(29-40(38)42(41,3)4)43(34-23-19-32(20-24-34)30-13-7-5-8-14-30)35-25-21-33(22-26-35)31-15-9-6-10-16-31/h5-29H,1-4H3. The Kier molecular flexibility index (Phi) is 6.55. The van der Waals surface area contributed by atoms with Crippen molar-refractivity contribution >= 4 is 17.1 Å². The Morgan fingerprint density at radius 2 is 0.744 bits per heavy atom. The second-order valence-electron chi connectivity index (χ2n) is 12.7. The van der Waals surface area contributed by atoms with Gasteiger partial charge in [0.1, 0.15) is 0 Å². The number of hydrogen-bond acceptors (Lipinski definition) is 1. The first-order valence-electron chi connectivity index (χ1n) is 15.2. The molecule has 0 heterocycles. The first kappa shape index (κ1) is 27.0. The van der Waals surface area contributed by atoms with Gasteiger partial charge < -0.3 is 4.90 Å². The van der Waals surface area contributed by atoms with Crippen LogP contribution in [0.4, 0.5) is 17.1 Å². The highest BCUT2D eigenvalue weighted by molar-refractivity contribution is 5.84. The van der Waals surface area contributed by atoms with Crippen LogP contribution in [0.3, 0.4) is 0 Å². The highest BCUT2D eigenvalue weighted by Gasteiger charge is 2.45. The van der Waals surface area contributed by atoms with Crippen LogP contribution >= 0.6 is 0 Å². The Morgan fingerprint density at radius 3 is 1.28 bits per heavy atom. The summed E-state index contributed by atoms with van der Waals surface area (Å²) in [6.07, 6.45) is 0. The van der Waals surface area contributed by atoms with Crippen molar-refractivity contribution in [2.24, 2.45) is 0 Å². The van der Waals surface area contributed by atoms with Gasteiger partial charge in [0, 0.05) is 17.1 Å². The molecule has 0 radical (unpaired) electrons. The Bertz CT molecular complexity index is 1800. The summed E-state index contributed by atoms with van der Waals surface area (Å²) < 4.78 is 0. The summed E-state index contributed by atoms with van der Waals surface area (Å²) in [7, 11) is 0. The molecule has 0 bridgehead atoms. The third kappa shape index (κ3) is 4.57. The van der Waals surface area contributed by atoms with Crippen LogP contribution < -0.4 is 4.90 Å². The van der Waals surface area contributed by atoms with Gasteiger partial charge in [0.15, 0.2) is 0 Å². The predicted octanol–water partition coefficient (Wildman–Crippen LogP) is 11.7. The Labute approximate surface area is 256 Å². The number of fused-ring (bicyclic) bond motifs is 3. The van der Waals surface area contributed by atoms with E-state index in [1.54, 1.807) is 0 Å². The average Bonchev–Trinajstić information content (AvgIpc) is 3.06. The molecule has 6 aromatic carbocycles. The molecule has 1 nitrogen and oxygen atoms in total. The van der Waals surface area contributed by atoms with E-state index in [9.17, 15) is 0 Å². The second-order valence-corrected chi connectivity index (χ2v) is 12.7. The van der Waals surface area contributed by atoms with Gasteiger partial charge >= 0.3 is 0 Å². The van der Waals surface area contributed by atoms with E-state index in [0.29, 0.717) is 0 Å². The SMILES string of the molecule is CC1(C)c2ccccc2-c2ccc(N(c3ccc(-c4ccccc4)cc3)c3ccc(-c4ccccc4)cc3)cc2C1(C)C. The van der Waals surface area contributed by atoms with Crippen molar-refractivity contribution in [2.45, 2.75) is 38.5 Å². The van der Waals surface area contributed by atoms with Crippen LogP contribution in [-0.4, -0.2) is 0 Å². The summed E-state index contributed by atoms with van der Waals surface area (Å²) in [5, 5.41) is 0. The molecule has 0 N–H and O–H groups in total. The van der Waals surface area contributed by atoms with Crippen LogP contribution in [0.2, 0.25) is 0 Å². The van der Waals surface area contributed by atoms with Crippen molar-refractivity contribution in [3.05, 3.63) is 163 Å². The maximum atomic E-state index is 2.43. The monoisotopic (exact) mass is 555 g/mol. The number of nitrogens with zero attached hydrogens (tertiary/aromatic N) is 1. The summed E-state index contributed by atoms with van der Waals surface area (Å²) in [6.45, 7) is 9.59. The second kappa shape index (κ2) is 10.4. The largest absolute Gasteiger partial charge is 0.310 e. The van der Waals surface area contributed by atoms with Gasteiger partial charge in [-0.2, -0.15) is 0 Å². The van der Waals surface area contributed by atoms with Gasteiger partial charge in [-0.1, -0.05) is 143 Å². The Morgan fingerprint density at radius 1 is 0.349 bits per heavy atom. The van der Waals surface area contributed by atoms with E-state index < -0.39 is 0 Å².